The van der Waals surface area contributed by atoms with E-state index in [-0.39, 0.29) is 12.2 Å². The van der Waals surface area contributed by atoms with Crippen LogP contribution in [0.3, 0.4) is 0 Å². The third-order valence-electron chi connectivity index (χ3n) is 1.05. The Kier molecular flexibility index (Phi) is 1.92. The molecule has 0 saturated carbocycles. The van der Waals surface area contributed by atoms with Crippen LogP contribution in [0, 0.1) is 11.3 Å². The second-order valence-corrected chi connectivity index (χ2v) is 2.47. The highest BCUT2D eigenvalue weighted by Gasteiger charge is 1.99. The van der Waals surface area contributed by atoms with Crippen molar-refractivity contribution in [2.45, 2.75) is 6.54 Å². The van der Waals surface area contributed by atoms with Crippen LogP contribution in [-0.2, 0) is 6.54 Å². The summed E-state index contributed by atoms with van der Waals surface area (Å²) in [5.41, 5.74) is -0.270. The van der Waals surface area contributed by atoms with Crippen LogP contribution < -0.4 is 5.69 Å². The van der Waals surface area contributed by atoms with Gasteiger partial charge in [-0.1, -0.05) is 0 Å². The maximum Gasteiger partial charge on any atom is 0.327 e. The van der Waals surface area contributed by atoms with Crippen LogP contribution in [0.2, 0.25) is 0 Å². The van der Waals surface area contributed by atoms with Crippen LogP contribution in [0.4, 0.5) is 0 Å². The summed E-state index contributed by atoms with van der Waals surface area (Å²) < 4.78 is 1.89. The lowest BCUT2D eigenvalue weighted by molar-refractivity contribution is 0.774. The highest BCUT2D eigenvalue weighted by molar-refractivity contribution is 9.10. The Morgan fingerprint density at radius 2 is 2.60 bits per heavy atom. The number of aromatic nitrogens is 2. The Labute approximate surface area is 65.2 Å². The summed E-state index contributed by atoms with van der Waals surface area (Å²) in [4.78, 5) is 13.2. The van der Waals surface area contributed by atoms with Gasteiger partial charge in [0.1, 0.15) is 11.1 Å². The number of nitriles is 1. The molecule has 0 unspecified atom stereocenters. The van der Waals surface area contributed by atoms with Crippen molar-refractivity contribution in [1.82, 2.24) is 9.55 Å². The fourth-order valence-electron chi connectivity index (χ4n) is 0.592. The van der Waals surface area contributed by atoms with E-state index in [4.69, 9.17) is 5.26 Å². The van der Waals surface area contributed by atoms with E-state index in [0.29, 0.717) is 4.60 Å². The Hall–Kier alpha value is -1.02. The number of hydrogen-bond donors (Lipinski definition) is 1. The number of halogens is 1. The maximum absolute atomic E-state index is 10.8. The van der Waals surface area contributed by atoms with E-state index in [9.17, 15) is 4.79 Å². The summed E-state index contributed by atoms with van der Waals surface area (Å²) in [7, 11) is 0. The third-order valence-corrected chi connectivity index (χ3v) is 1.70. The number of rotatable bonds is 1. The van der Waals surface area contributed by atoms with Gasteiger partial charge in [0, 0.05) is 6.20 Å². The van der Waals surface area contributed by atoms with Crippen molar-refractivity contribution in [3.05, 3.63) is 21.3 Å². The first-order valence-corrected chi connectivity index (χ1v) is 3.35. The number of hydrogen-bond acceptors (Lipinski definition) is 2. The van der Waals surface area contributed by atoms with E-state index in [0.717, 1.165) is 0 Å². The number of nitrogens with one attached hydrogen (secondary N) is 1. The minimum atomic E-state index is -0.270. The lowest BCUT2D eigenvalue weighted by Crippen LogP contribution is -2.16. The number of aromatic amines is 1. The van der Waals surface area contributed by atoms with E-state index in [1.165, 1.54) is 10.8 Å². The quantitative estimate of drug-likeness (QED) is 0.718. The first-order valence-electron chi connectivity index (χ1n) is 2.56. The van der Waals surface area contributed by atoms with Crippen molar-refractivity contribution in [1.29, 1.82) is 5.26 Å². The zero-order chi connectivity index (χ0) is 7.56. The Bertz CT molecular complexity index is 318. The van der Waals surface area contributed by atoms with Gasteiger partial charge in [-0.2, -0.15) is 5.26 Å². The zero-order valence-corrected chi connectivity index (χ0v) is 6.55. The molecule has 1 heterocycles. The van der Waals surface area contributed by atoms with Crippen molar-refractivity contribution in [2.24, 2.45) is 0 Å². The molecule has 52 valence electrons. The van der Waals surface area contributed by atoms with Gasteiger partial charge in [0.25, 0.3) is 0 Å². The van der Waals surface area contributed by atoms with E-state index >= 15 is 0 Å². The molecule has 0 radical (unpaired) electrons. The minimum absolute atomic E-state index is 0.0723. The second-order valence-electron chi connectivity index (χ2n) is 1.66. The molecule has 0 aliphatic heterocycles. The van der Waals surface area contributed by atoms with Gasteiger partial charge >= 0.3 is 5.69 Å². The van der Waals surface area contributed by atoms with Crippen molar-refractivity contribution < 1.29 is 0 Å². The first-order chi connectivity index (χ1) is 4.75. The summed E-state index contributed by atoms with van der Waals surface area (Å²) in [6.07, 6.45) is 1.50. The van der Waals surface area contributed by atoms with Gasteiger partial charge in [-0.3, -0.25) is 4.57 Å². The van der Waals surface area contributed by atoms with Crippen LogP contribution in [0.15, 0.2) is 15.6 Å². The summed E-state index contributed by atoms with van der Waals surface area (Å²) in [5.74, 6) is 0. The first kappa shape index (κ1) is 7.09. The van der Waals surface area contributed by atoms with Gasteiger partial charge in [0.2, 0.25) is 0 Å². The van der Waals surface area contributed by atoms with Crippen LogP contribution in [0.5, 0.6) is 0 Å². The predicted octanol–water partition coefficient (Wildman–Crippen LogP) is 0.462. The highest BCUT2D eigenvalue weighted by Crippen LogP contribution is 2.03. The molecule has 4 nitrogen and oxygen atoms in total. The fourth-order valence-corrected chi connectivity index (χ4v) is 0.993. The topological polar surface area (TPSA) is 61.6 Å². The molecule has 5 heteroatoms. The smallest absolute Gasteiger partial charge is 0.312 e. The van der Waals surface area contributed by atoms with Gasteiger partial charge in [0.15, 0.2) is 0 Å². The van der Waals surface area contributed by atoms with Gasteiger partial charge < -0.3 is 4.98 Å². The Morgan fingerprint density at radius 3 is 3.00 bits per heavy atom. The molecular weight excluding hydrogens is 198 g/mol. The molecule has 0 atom stereocenters. The molecule has 10 heavy (non-hydrogen) atoms. The standard InChI is InChI=1S/C5H4BrN3O/c6-4-3-8-5(10)9(4)2-1-7/h3H,2H2,(H,8,10). The normalized spacial score (nSPS) is 9.20. The molecule has 1 aromatic heterocycles. The number of H-pyrrole nitrogens is 1. The highest BCUT2D eigenvalue weighted by atomic mass is 79.9. The van der Waals surface area contributed by atoms with Crippen LogP contribution >= 0.6 is 15.9 Å². The summed E-state index contributed by atoms with van der Waals surface area (Å²) >= 11 is 3.10. The lowest BCUT2D eigenvalue weighted by Gasteiger charge is -1.90. The second kappa shape index (κ2) is 2.71. The SMILES string of the molecule is N#CCn1c(Br)c[nH]c1=O. The number of imidazole rings is 1. The molecule has 1 aromatic rings. The van der Waals surface area contributed by atoms with Gasteiger partial charge in [-0.15, -0.1) is 0 Å². The van der Waals surface area contributed by atoms with Crippen LogP contribution in [0.1, 0.15) is 0 Å². The Morgan fingerprint density at radius 1 is 1.90 bits per heavy atom. The average molecular weight is 202 g/mol. The fraction of sp³-hybridized carbons (Fsp3) is 0.200. The molecule has 0 saturated heterocycles. The van der Waals surface area contributed by atoms with E-state index in [1.54, 1.807) is 0 Å². The zero-order valence-electron chi connectivity index (χ0n) is 4.97. The Balaban J connectivity index is 3.13. The maximum atomic E-state index is 10.8. The summed E-state index contributed by atoms with van der Waals surface area (Å²) in [5, 5.41) is 8.24. The van der Waals surface area contributed by atoms with Crippen molar-refractivity contribution in [3.63, 3.8) is 0 Å². The lowest BCUT2D eigenvalue weighted by atomic mass is 10.7. The largest absolute Gasteiger partial charge is 0.327 e. The molecule has 1 rings (SSSR count). The summed E-state index contributed by atoms with van der Waals surface area (Å²) in [6.45, 7) is 0.0723. The third kappa shape index (κ3) is 1.11. The molecule has 0 bridgehead atoms. The van der Waals surface area contributed by atoms with E-state index < -0.39 is 0 Å². The van der Waals surface area contributed by atoms with Crippen molar-refractivity contribution in [3.8, 4) is 6.07 Å². The molecule has 0 aliphatic carbocycles. The van der Waals surface area contributed by atoms with E-state index in [2.05, 4.69) is 20.9 Å². The summed E-state index contributed by atoms with van der Waals surface area (Å²) in [6, 6.07) is 1.86. The van der Waals surface area contributed by atoms with Gasteiger partial charge in [0.05, 0.1) is 6.07 Å². The van der Waals surface area contributed by atoms with Gasteiger partial charge in [-0.25, -0.2) is 4.79 Å². The van der Waals surface area contributed by atoms with E-state index in [1.807, 2.05) is 6.07 Å². The average Bonchev–Trinajstić information content (AvgIpc) is 2.20. The van der Waals surface area contributed by atoms with Crippen LogP contribution in [-0.4, -0.2) is 9.55 Å². The van der Waals surface area contributed by atoms with Crippen molar-refractivity contribution in [2.75, 3.05) is 0 Å². The molecule has 1 N–H and O–H groups in total. The van der Waals surface area contributed by atoms with Crippen molar-refractivity contribution >= 4 is 15.9 Å². The molecule has 0 aromatic carbocycles. The monoisotopic (exact) mass is 201 g/mol. The van der Waals surface area contributed by atoms with Gasteiger partial charge in [-0.05, 0) is 15.9 Å². The molecule has 0 fully saturated rings. The van der Waals surface area contributed by atoms with Crippen LogP contribution in [0.25, 0.3) is 0 Å². The minimum Gasteiger partial charge on any atom is -0.312 e. The molecule has 0 aliphatic rings. The molecule has 0 amide bonds. The molecular formula is C5H4BrN3O. The predicted molar refractivity (Wildman–Crippen MR) is 38.4 cm³/mol. The number of nitrogens with zero attached hydrogens (tertiary/aromatic N) is 2. The molecule has 0 spiro atoms.